The molecule has 1 amide bonds. The summed E-state index contributed by atoms with van der Waals surface area (Å²) >= 11 is 1.47. The van der Waals surface area contributed by atoms with Crippen LogP contribution in [0.2, 0.25) is 0 Å². The molecule has 0 saturated carbocycles. The number of nitrogens with one attached hydrogen (secondary N) is 1. The summed E-state index contributed by atoms with van der Waals surface area (Å²) < 4.78 is 5.22. The molecular weight excluding hydrogens is 474 g/mol. The Bertz CT molecular complexity index is 1070. The number of rotatable bonds is 11. The zero-order valence-corrected chi connectivity index (χ0v) is 21.9. The summed E-state index contributed by atoms with van der Waals surface area (Å²) in [5, 5.41) is 12.2. The lowest BCUT2D eigenvalue weighted by atomic mass is 10.0. The van der Waals surface area contributed by atoms with Crippen molar-refractivity contribution in [3.05, 3.63) is 95.6 Å². The minimum absolute atomic E-state index is 0.0746. The molecule has 0 bridgehead atoms. The first-order valence-corrected chi connectivity index (χ1v) is 12.7. The predicted molar refractivity (Wildman–Crippen MR) is 147 cm³/mol. The zero-order valence-electron chi connectivity index (χ0n) is 21.0. The maximum absolute atomic E-state index is 12.3. The van der Waals surface area contributed by atoms with E-state index in [-0.39, 0.29) is 17.6 Å². The number of thioether (sulfide) groups is 1. The van der Waals surface area contributed by atoms with E-state index in [0.29, 0.717) is 0 Å². The number of amides is 1. The Morgan fingerprint density at radius 3 is 1.78 bits per heavy atom. The fourth-order valence-electron chi connectivity index (χ4n) is 3.55. The standard InChI is InChI=1S/C28H33N3O4S/c1-30(2)23-14-10-21(11-15-23)26(22-12-16-24(17-13-22)31(3)4)36-19-25(27(32)33)29-28(34)35-18-20-8-6-5-7-9-20/h5-17,25-26H,18-19H2,1-4H3,(H,29,34)(H,32,33). The number of hydrogen-bond donors (Lipinski definition) is 2. The summed E-state index contributed by atoms with van der Waals surface area (Å²) in [7, 11) is 7.95. The molecule has 3 aromatic rings. The summed E-state index contributed by atoms with van der Waals surface area (Å²) in [6, 6.07) is 24.6. The molecule has 7 nitrogen and oxygen atoms in total. The van der Waals surface area contributed by atoms with Crippen molar-refractivity contribution in [1.82, 2.24) is 5.32 Å². The van der Waals surface area contributed by atoms with Gasteiger partial charge in [-0.3, -0.25) is 0 Å². The third kappa shape index (κ3) is 7.68. The van der Waals surface area contributed by atoms with E-state index in [0.717, 1.165) is 28.1 Å². The molecule has 36 heavy (non-hydrogen) atoms. The summed E-state index contributed by atoms with van der Waals surface area (Å²) in [5.41, 5.74) is 5.10. The van der Waals surface area contributed by atoms with Gasteiger partial charge in [0, 0.05) is 45.3 Å². The van der Waals surface area contributed by atoms with Gasteiger partial charge in [0.25, 0.3) is 0 Å². The predicted octanol–water partition coefficient (Wildman–Crippen LogP) is 5.02. The molecule has 2 N–H and O–H groups in total. The van der Waals surface area contributed by atoms with E-state index in [1.54, 1.807) is 0 Å². The van der Waals surface area contributed by atoms with Gasteiger partial charge in [-0.15, -0.1) is 11.8 Å². The van der Waals surface area contributed by atoms with Gasteiger partial charge < -0.3 is 25.0 Å². The van der Waals surface area contributed by atoms with E-state index in [4.69, 9.17) is 4.74 Å². The highest BCUT2D eigenvalue weighted by atomic mass is 32.2. The number of carboxylic acid groups (broad SMARTS) is 1. The maximum Gasteiger partial charge on any atom is 0.408 e. The van der Waals surface area contributed by atoms with Crippen LogP contribution >= 0.6 is 11.8 Å². The normalized spacial score (nSPS) is 11.6. The Morgan fingerprint density at radius 1 is 0.833 bits per heavy atom. The van der Waals surface area contributed by atoms with Crippen LogP contribution in [0.1, 0.15) is 21.9 Å². The smallest absolute Gasteiger partial charge is 0.408 e. The lowest BCUT2D eigenvalue weighted by Crippen LogP contribution is -2.43. The molecule has 0 fully saturated rings. The molecule has 0 radical (unpaired) electrons. The molecule has 190 valence electrons. The molecule has 3 aromatic carbocycles. The molecule has 0 saturated heterocycles. The van der Waals surface area contributed by atoms with Gasteiger partial charge in [-0.05, 0) is 41.0 Å². The summed E-state index contributed by atoms with van der Waals surface area (Å²) in [4.78, 5) is 28.3. The van der Waals surface area contributed by atoms with Gasteiger partial charge in [-0.25, -0.2) is 9.59 Å². The second-order valence-corrected chi connectivity index (χ2v) is 9.92. The number of benzene rings is 3. The Morgan fingerprint density at radius 2 is 1.33 bits per heavy atom. The highest BCUT2D eigenvalue weighted by Crippen LogP contribution is 2.37. The Labute approximate surface area is 217 Å². The van der Waals surface area contributed by atoms with Crippen LogP contribution in [0.3, 0.4) is 0 Å². The van der Waals surface area contributed by atoms with Crippen molar-refractivity contribution >= 4 is 35.2 Å². The summed E-state index contributed by atoms with van der Waals surface area (Å²) in [6.45, 7) is 0.0746. The van der Waals surface area contributed by atoms with Crippen molar-refractivity contribution in [1.29, 1.82) is 0 Å². The van der Waals surface area contributed by atoms with E-state index in [9.17, 15) is 14.7 Å². The first-order valence-electron chi connectivity index (χ1n) is 11.6. The number of ether oxygens (including phenoxy) is 1. The van der Waals surface area contributed by atoms with Crippen LogP contribution in [0.25, 0.3) is 0 Å². The van der Waals surface area contributed by atoms with Crippen LogP contribution in [0, 0.1) is 0 Å². The van der Waals surface area contributed by atoms with E-state index >= 15 is 0 Å². The van der Waals surface area contributed by atoms with Gasteiger partial charge in [0.05, 0.1) is 5.25 Å². The van der Waals surface area contributed by atoms with Crippen molar-refractivity contribution in [2.45, 2.75) is 17.9 Å². The minimum Gasteiger partial charge on any atom is -0.480 e. The number of carboxylic acids is 1. The third-order valence-corrected chi connectivity index (χ3v) is 7.06. The van der Waals surface area contributed by atoms with Crippen molar-refractivity contribution in [2.24, 2.45) is 0 Å². The average molecular weight is 508 g/mol. The second-order valence-electron chi connectivity index (χ2n) is 8.78. The number of nitrogens with zero attached hydrogens (tertiary/aromatic N) is 2. The lowest BCUT2D eigenvalue weighted by molar-refractivity contribution is -0.138. The van der Waals surface area contributed by atoms with Crippen molar-refractivity contribution in [2.75, 3.05) is 43.7 Å². The molecule has 1 unspecified atom stereocenters. The van der Waals surface area contributed by atoms with Crippen LogP contribution in [0.4, 0.5) is 16.2 Å². The number of carbonyl (C=O) groups is 2. The molecule has 1 atom stereocenters. The highest BCUT2D eigenvalue weighted by molar-refractivity contribution is 7.99. The lowest BCUT2D eigenvalue weighted by Gasteiger charge is -2.22. The average Bonchev–Trinajstić information content (AvgIpc) is 2.88. The molecule has 0 aliphatic carbocycles. The number of aliphatic carboxylic acids is 1. The topological polar surface area (TPSA) is 82.1 Å². The van der Waals surface area contributed by atoms with E-state index in [2.05, 4.69) is 29.6 Å². The fourth-order valence-corrected chi connectivity index (χ4v) is 4.86. The summed E-state index contributed by atoms with van der Waals surface area (Å²) in [6.07, 6.45) is -0.755. The second kappa shape index (κ2) is 12.9. The van der Waals surface area contributed by atoms with Crippen molar-refractivity contribution in [3.63, 3.8) is 0 Å². The fraction of sp³-hybridized carbons (Fsp3) is 0.286. The van der Waals surface area contributed by atoms with Crippen LogP contribution in [-0.4, -0.2) is 57.2 Å². The number of anilines is 2. The first kappa shape index (κ1) is 26.9. The summed E-state index contributed by atoms with van der Waals surface area (Å²) in [5.74, 6) is -0.936. The van der Waals surface area contributed by atoms with E-state index < -0.39 is 18.1 Å². The van der Waals surface area contributed by atoms with E-state index in [1.807, 2.05) is 92.6 Å². The van der Waals surface area contributed by atoms with Crippen molar-refractivity contribution < 1.29 is 19.4 Å². The highest BCUT2D eigenvalue weighted by Gasteiger charge is 2.24. The van der Waals surface area contributed by atoms with Crippen LogP contribution in [0.15, 0.2) is 78.9 Å². The SMILES string of the molecule is CN(C)c1ccc(C(SCC(NC(=O)OCc2ccccc2)C(=O)O)c2ccc(N(C)C)cc2)cc1. The molecule has 0 heterocycles. The first-order chi connectivity index (χ1) is 17.2. The van der Waals surface area contributed by atoms with Gasteiger partial charge in [0.1, 0.15) is 12.6 Å². The minimum atomic E-state index is -1.11. The van der Waals surface area contributed by atoms with Gasteiger partial charge in [0.2, 0.25) is 0 Å². The van der Waals surface area contributed by atoms with Crippen LogP contribution in [-0.2, 0) is 16.1 Å². The largest absolute Gasteiger partial charge is 0.480 e. The van der Waals surface area contributed by atoms with Gasteiger partial charge in [-0.2, -0.15) is 0 Å². The quantitative estimate of drug-likeness (QED) is 0.377. The number of hydrogen-bond acceptors (Lipinski definition) is 6. The van der Waals surface area contributed by atoms with Crippen LogP contribution < -0.4 is 15.1 Å². The van der Waals surface area contributed by atoms with Crippen LogP contribution in [0.5, 0.6) is 0 Å². The van der Waals surface area contributed by atoms with Gasteiger partial charge in [0.15, 0.2) is 0 Å². The molecule has 0 aliphatic rings. The van der Waals surface area contributed by atoms with E-state index in [1.165, 1.54) is 11.8 Å². The Balaban J connectivity index is 1.73. The molecule has 8 heteroatoms. The van der Waals surface area contributed by atoms with Gasteiger partial charge >= 0.3 is 12.1 Å². The number of alkyl carbamates (subject to hydrolysis) is 1. The molecular formula is C28H33N3O4S. The van der Waals surface area contributed by atoms with Crippen molar-refractivity contribution in [3.8, 4) is 0 Å². The molecule has 0 aromatic heterocycles. The van der Waals surface area contributed by atoms with Gasteiger partial charge in [-0.1, -0.05) is 54.6 Å². The monoisotopic (exact) mass is 507 g/mol. The Kier molecular flexibility index (Phi) is 9.64. The maximum atomic E-state index is 12.3. The Hall–Kier alpha value is -3.65. The zero-order chi connectivity index (χ0) is 26.1. The molecule has 0 spiro atoms. The molecule has 3 rings (SSSR count). The third-order valence-electron chi connectivity index (χ3n) is 5.66. The molecule has 0 aliphatic heterocycles. The number of carbonyl (C=O) groups excluding carboxylic acids is 1.